The fourth-order valence-electron chi connectivity index (χ4n) is 6.06. The Labute approximate surface area is 191 Å². The smallest absolute Gasteiger partial charge is 0.319 e. The monoisotopic (exact) mass is 440 g/mol. The Hall–Kier alpha value is -1.75. The van der Waals surface area contributed by atoms with Gasteiger partial charge in [-0.2, -0.15) is 0 Å². The van der Waals surface area contributed by atoms with E-state index in [-0.39, 0.29) is 34.2 Å². The molecule has 5 heteroatoms. The zero-order valence-electron chi connectivity index (χ0n) is 19.3. The average molecular weight is 441 g/mol. The fourth-order valence-corrected chi connectivity index (χ4v) is 7.10. The van der Waals surface area contributed by atoms with Gasteiger partial charge < -0.3 is 9.30 Å². The Morgan fingerprint density at radius 1 is 1.26 bits per heavy atom. The topological polar surface area (TPSA) is 44.1 Å². The minimum atomic E-state index is -0.271. The van der Waals surface area contributed by atoms with Crippen molar-refractivity contribution in [3.8, 4) is 0 Å². The minimum Gasteiger partial charge on any atom is -0.460 e. The van der Waals surface area contributed by atoms with Crippen molar-refractivity contribution in [3.63, 3.8) is 0 Å². The number of carbonyl (C=O) groups is 1. The number of pyridine rings is 1. The molecule has 0 aromatic carbocycles. The van der Waals surface area contributed by atoms with Crippen LogP contribution in [0.15, 0.2) is 53.9 Å². The number of thioether (sulfide) groups is 1. The van der Waals surface area contributed by atoms with Gasteiger partial charge in [-0.15, -0.1) is 0 Å². The number of carbonyl (C=O) groups excluding carboxylic acids is 1. The predicted molar refractivity (Wildman–Crippen MR) is 126 cm³/mol. The molecule has 2 aromatic rings. The van der Waals surface area contributed by atoms with E-state index in [0.717, 1.165) is 24.3 Å². The summed E-state index contributed by atoms with van der Waals surface area (Å²) in [6.45, 7) is 9.11. The molecule has 0 N–H and O–H groups in total. The highest BCUT2D eigenvalue weighted by molar-refractivity contribution is 8.00. The van der Waals surface area contributed by atoms with E-state index in [1.165, 1.54) is 19.3 Å². The maximum Gasteiger partial charge on any atom is 0.319 e. The zero-order chi connectivity index (χ0) is 22.1. The summed E-state index contributed by atoms with van der Waals surface area (Å²) in [5.74, 6) is 0.584. The van der Waals surface area contributed by atoms with E-state index in [0.29, 0.717) is 5.92 Å². The highest BCUT2D eigenvalue weighted by Crippen LogP contribution is 2.63. The SMILES string of the molecule is CCC[C@H](C[C@H](Sc1ccccn1)C(=O)O[C@H]1C(C)(C)[C@H]2CC[C@]1(C)C2)n1cccc1. The van der Waals surface area contributed by atoms with E-state index < -0.39 is 0 Å². The van der Waals surface area contributed by atoms with Gasteiger partial charge in [-0.25, -0.2) is 4.98 Å². The van der Waals surface area contributed by atoms with Gasteiger partial charge in [0.2, 0.25) is 0 Å². The van der Waals surface area contributed by atoms with Crippen molar-refractivity contribution in [3.05, 3.63) is 48.9 Å². The molecule has 2 aromatic heterocycles. The van der Waals surface area contributed by atoms with Crippen LogP contribution in [0.5, 0.6) is 0 Å². The lowest BCUT2D eigenvalue weighted by Crippen LogP contribution is -2.45. The van der Waals surface area contributed by atoms with Crippen molar-refractivity contribution in [1.82, 2.24) is 9.55 Å². The largest absolute Gasteiger partial charge is 0.460 e. The van der Waals surface area contributed by atoms with E-state index in [2.05, 4.69) is 61.8 Å². The third kappa shape index (κ3) is 4.57. The summed E-state index contributed by atoms with van der Waals surface area (Å²) in [6.07, 6.45) is 12.5. The van der Waals surface area contributed by atoms with E-state index in [4.69, 9.17) is 4.74 Å². The molecule has 0 amide bonds. The van der Waals surface area contributed by atoms with Crippen LogP contribution in [0.4, 0.5) is 0 Å². The first-order valence-corrected chi connectivity index (χ1v) is 12.6. The van der Waals surface area contributed by atoms with Gasteiger partial charge in [0, 0.05) is 35.5 Å². The summed E-state index contributed by atoms with van der Waals surface area (Å²) < 4.78 is 8.64. The van der Waals surface area contributed by atoms with Crippen molar-refractivity contribution < 1.29 is 9.53 Å². The van der Waals surface area contributed by atoms with Crippen LogP contribution in [0.1, 0.15) is 72.3 Å². The number of aromatic nitrogens is 2. The second kappa shape index (κ2) is 9.01. The lowest BCUT2D eigenvalue weighted by Gasteiger charge is -2.42. The third-order valence-corrected chi connectivity index (χ3v) is 8.84. The summed E-state index contributed by atoms with van der Waals surface area (Å²) >= 11 is 1.55. The quantitative estimate of drug-likeness (QED) is 0.328. The highest BCUT2D eigenvalue weighted by Gasteiger charge is 2.61. The van der Waals surface area contributed by atoms with Crippen LogP contribution in [-0.4, -0.2) is 26.9 Å². The van der Waals surface area contributed by atoms with Crippen molar-refractivity contribution in [1.29, 1.82) is 0 Å². The number of nitrogens with zero attached hydrogens (tertiary/aromatic N) is 2. The molecule has 2 bridgehead atoms. The lowest BCUT2D eigenvalue weighted by molar-refractivity contribution is -0.164. The molecular formula is C26H36N2O2S. The lowest BCUT2D eigenvalue weighted by atomic mass is 9.70. The van der Waals surface area contributed by atoms with E-state index in [1.54, 1.807) is 18.0 Å². The number of rotatable bonds is 9. The normalized spacial score (nSPS) is 28.4. The molecule has 0 saturated heterocycles. The molecule has 2 saturated carbocycles. The molecule has 5 atom stereocenters. The Morgan fingerprint density at radius 2 is 2.03 bits per heavy atom. The molecule has 2 heterocycles. The second-order valence-electron chi connectivity index (χ2n) is 10.3. The summed E-state index contributed by atoms with van der Waals surface area (Å²) in [4.78, 5) is 18.1. The minimum absolute atomic E-state index is 0.00529. The molecule has 4 rings (SSSR count). The number of hydrogen-bond donors (Lipinski definition) is 0. The first-order chi connectivity index (χ1) is 14.8. The number of fused-ring (bicyclic) bond motifs is 2. The summed E-state index contributed by atoms with van der Waals surface area (Å²) in [5, 5.41) is 0.609. The van der Waals surface area contributed by atoms with E-state index in [9.17, 15) is 4.79 Å². The Morgan fingerprint density at radius 3 is 2.65 bits per heavy atom. The number of ether oxygens (including phenoxy) is 1. The summed E-state index contributed by atoms with van der Waals surface area (Å²) in [6, 6.07) is 10.3. The van der Waals surface area contributed by atoms with Gasteiger partial charge in [-0.3, -0.25) is 4.79 Å². The van der Waals surface area contributed by atoms with Gasteiger partial charge >= 0.3 is 5.97 Å². The van der Waals surface area contributed by atoms with Crippen LogP contribution in [0, 0.1) is 16.7 Å². The maximum atomic E-state index is 13.6. The van der Waals surface area contributed by atoms with Crippen LogP contribution < -0.4 is 0 Å². The zero-order valence-corrected chi connectivity index (χ0v) is 20.1. The van der Waals surface area contributed by atoms with Gasteiger partial charge in [-0.05, 0) is 62.3 Å². The molecule has 0 aliphatic heterocycles. The van der Waals surface area contributed by atoms with E-state index in [1.807, 2.05) is 18.2 Å². The molecule has 168 valence electrons. The Bertz CT molecular complexity index is 862. The molecule has 0 radical (unpaired) electrons. The Kier molecular flexibility index (Phi) is 6.52. The van der Waals surface area contributed by atoms with Crippen molar-refractivity contribution in [2.24, 2.45) is 16.7 Å². The van der Waals surface area contributed by atoms with Crippen LogP contribution in [-0.2, 0) is 9.53 Å². The predicted octanol–water partition coefficient (Wildman–Crippen LogP) is 6.53. The Balaban J connectivity index is 1.55. The van der Waals surface area contributed by atoms with Crippen LogP contribution in [0.3, 0.4) is 0 Å². The fraction of sp³-hybridized carbons (Fsp3) is 0.615. The first-order valence-electron chi connectivity index (χ1n) is 11.7. The molecule has 0 unspecified atom stereocenters. The van der Waals surface area contributed by atoms with Crippen molar-refractivity contribution in [2.75, 3.05) is 0 Å². The van der Waals surface area contributed by atoms with Crippen LogP contribution in [0.25, 0.3) is 0 Å². The van der Waals surface area contributed by atoms with Gasteiger partial charge in [-0.1, -0.05) is 51.9 Å². The molecule has 4 nitrogen and oxygen atoms in total. The number of hydrogen-bond acceptors (Lipinski definition) is 4. The van der Waals surface area contributed by atoms with E-state index >= 15 is 0 Å². The third-order valence-electron chi connectivity index (χ3n) is 7.69. The first kappa shape index (κ1) is 22.4. The average Bonchev–Trinajstić information content (AvgIpc) is 3.45. The van der Waals surface area contributed by atoms with Gasteiger partial charge in [0.05, 0.1) is 5.03 Å². The highest BCUT2D eigenvalue weighted by atomic mass is 32.2. The molecule has 2 aliphatic carbocycles. The standard InChI is InChI=1S/C26H36N2O2S/c1-5-10-20(28-15-8-9-16-28)17-21(31-22-11-6-7-14-27-22)23(29)30-24-25(2,3)19-12-13-26(24,4)18-19/h6-9,11,14-16,19-21,24H,5,10,12-13,17-18H2,1-4H3/t19-,20+,21-,24-,26+/m0/s1. The van der Waals surface area contributed by atoms with Crippen LogP contribution >= 0.6 is 11.8 Å². The van der Waals surface area contributed by atoms with Gasteiger partial charge in [0.1, 0.15) is 11.4 Å². The van der Waals surface area contributed by atoms with Gasteiger partial charge in [0.25, 0.3) is 0 Å². The molecule has 31 heavy (non-hydrogen) atoms. The maximum absolute atomic E-state index is 13.6. The van der Waals surface area contributed by atoms with Gasteiger partial charge in [0.15, 0.2) is 0 Å². The molecular weight excluding hydrogens is 404 g/mol. The van der Waals surface area contributed by atoms with Crippen molar-refractivity contribution >= 4 is 17.7 Å². The number of esters is 1. The summed E-state index contributed by atoms with van der Waals surface area (Å²) in [5.41, 5.74) is 0.166. The van der Waals surface area contributed by atoms with Crippen molar-refractivity contribution in [2.45, 2.75) is 88.6 Å². The molecule has 2 aliphatic rings. The second-order valence-corrected chi connectivity index (χ2v) is 11.5. The van der Waals surface area contributed by atoms with Crippen LogP contribution in [0.2, 0.25) is 0 Å². The molecule has 0 spiro atoms. The molecule has 2 fully saturated rings. The summed E-state index contributed by atoms with van der Waals surface area (Å²) in [7, 11) is 0.